The van der Waals surface area contributed by atoms with E-state index in [1.807, 2.05) is 6.92 Å². The molecule has 1 fully saturated rings. The summed E-state index contributed by atoms with van der Waals surface area (Å²) in [7, 11) is 1.47. The van der Waals surface area contributed by atoms with Crippen LogP contribution in [0.3, 0.4) is 0 Å². The largest absolute Gasteiger partial charge is 0.495 e. The lowest BCUT2D eigenvalue weighted by molar-refractivity contribution is -0.127. The van der Waals surface area contributed by atoms with Crippen LogP contribution in [0.1, 0.15) is 18.1 Å². The molecule has 4 rings (SSSR count). The van der Waals surface area contributed by atoms with Gasteiger partial charge in [-0.1, -0.05) is 24.3 Å². The fourth-order valence-corrected chi connectivity index (χ4v) is 4.60. The first-order valence-corrected chi connectivity index (χ1v) is 13.0. The molecule has 0 aliphatic carbocycles. The lowest BCUT2D eigenvalue weighted by Crippen LogP contribution is -2.38. The zero-order valence-electron chi connectivity index (χ0n) is 21.1. The molecule has 0 unspecified atom stereocenters. The number of halogens is 2. The van der Waals surface area contributed by atoms with E-state index >= 15 is 0 Å². The minimum atomic E-state index is -0.712. The number of nitrogens with one attached hydrogen (secondary N) is 2. The number of amides is 4. The summed E-state index contributed by atoms with van der Waals surface area (Å²) in [5.41, 5.74) is 1.67. The van der Waals surface area contributed by atoms with E-state index in [0.717, 1.165) is 4.90 Å². The van der Waals surface area contributed by atoms with Crippen LogP contribution in [-0.4, -0.2) is 43.0 Å². The number of imide groups is 1. The second kappa shape index (κ2) is 12.6. The third-order valence-electron chi connectivity index (χ3n) is 5.56. The number of ether oxygens (including phenoxy) is 3. The van der Waals surface area contributed by atoms with Gasteiger partial charge in [0.15, 0.2) is 11.5 Å². The van der Waals surface area contributed by atoms with E-state index in [2.05, 4.69) is 33.2 Å². The molecule has 0 bridgehead atoms. The van der Waals surface area contributed by atoms with Gasteiger partial charge in [0.25, 0.3) is 5.91 Å². The number of hydrogen-bond donors (Lipinski definition) is 2. The highest BCUT2D eigenvalue weighted by atomic mass is 127. The van der Waals surface area contributed by atoms with E-state index in [4.69, 9.17) is 14.2 Å². The average Bonchev–Trinajstić information content (AvgIpc) is 3.16. The Morgan fingerprint density at radius 2 is 1.87 bits per heavy atom. The zero-order valence-corrected chi connectivity index (χ0v) is 23.3. The van der Waals surface area contributed by atoms with Gasteiger partial charge in [0.1, 0.15) is 30.4 Å². The Morgan fingerprint density at radius 3 is 2.62 bits per heavy atom. The molecule has 1 aliphatic heterocycles. The quantitative estimate of drug-likeness (QED) is 0.184. The van der Waals surface area contributed by atoms with Crippen molar-refractivity contribution in [2.24, 2.45) is 0 Å². The number of urea groups is 1. The number of nitrogens with zero attached hydrogens (tertiary/aromatic N) is 1. The Hall–Kier alpha value is -4.13. The van der Waals surface area contributed by atoms with Gasteiger partial charge in [-0.25, -0.2) is 14.1 Å². The van der Waals surface area contributed by atoms with Crippen molar-refractivity contribution in [3.8, 4) is 17.2 Å². The van der Waals surface area contributed by atoms with Crippen LogP contribution in [0.4, 0.5) is 14.9 Å². The summed E-state index contributed by atoms with van der Waals surface area (Å²) in [6, 6.07) is 15.6. The molecule has 1 aliphatic rings. The van der Waals surface area contributed by atoms with Crippen LogP contribution >= 0.6 is 22.6 Å². The van der Waals surface area contributed by atoms with Gasteiger partial charge < -0.3 is 24.8 Å². The minimum absolute atomic E-state index is 0.0109. The molecular formula is C28H25FIN3O6. The maximum absolute atomic E-state index is 13.5. The highest BCUT2D eigenvalue weighted by Crippen LogP contribution is 2.36. The monoisotopic (exact) mass is 645 g/mol. The number of hydrogen-bond acceptors (Lipinski definition) is 6. The number of anilines is 1. The van der Waals surface area contributed by atoms with Crippen LogP contribution in [0.5, 0.6) is 17.2 Å². The predicted molar refractivity (Wildman–Crippen MR) is 151 cm³/mol. The predicted octanol–water partition coefficient (Wildman–Crippen LogP) is 4.95. The summed E-state index contributed by atoms with van der Waals surface area (Å²) in [5.74, 6) is -0.205. The summed E-state index contributed by atoms with van der Waals surface area (Å²) in [6.07, 6.45) is 1.50. The molecule has 1 heterocycles. The number of benzene rings is 3. The molecule has 11 heteroatoms. The van der Waals surface area contributed by atoms with Crippen molar-refractivity contribution in [1.29, 1.82) is 0 Å². The molecule has 4 amide bonds. The van der Waals surface area contributed by atoms with Crippen molar-refractivity contribution in [3.05, 3.63) is 86.9 Å². The maximum atomic E-state index is 13.5. The molecule has 3 aromatic carbocycles. The third-order valence-corrected chi connectivity index (χ3v) is 6.36. The average molecular weight is 645 g/mol. The molecule has 0 spiro atoms. The first kappa shape index (κ1) is 27.9. The Labute approximate surface area is 238 Å². The number of methoxy groups -OCH3 is 1. The number of para-hydroxylation sites is 2. The van der Waals surface area contributed by atoms with Crippen LogP contribution < -0.4 is 24.8 Å². The van der Waals surface area contributed by atoms with Crippen molar-refractivity contribution in [2.75, 3.05) is 25.6 Å². The molecular weight excluding hydrogens is 620 g/mol. The van der Waals surface area contributed by atoms with Crippen molar-refractivity contribution < 1.29 is 33.0 Å². The van der Waals surface area contributed by atoms with Crippen molar-refractivity contribution in [1.82, 2.24) is 10.2 Å². The number of rotatable bonds is 10. The Balaban J connectivity index is 1.49. The Bertz CT molecular complexity index is 1440. The molecule has 0 atom stereocenters. The van der Waals surface area contributed by atoms with Gasteiger partial charge in [0, 0.05) is 0 Å². The van der Waals surface area contributed by atoms with Gasteiger partial charge in [-0.3, -0.25) is 9.59 Å². The van der Waals surface area contributed by atoms with Crippen molar-refractivity contribution >= 4 is 52.2 Å². The lowest BCUT2D eigenvalue weighted by Gasteiger charge is -2.15. The Kier molecular flexibility index (Phi) is 9.02. The van der Waals surface area contributed by atoms with E-state index in [-0.39, 0.29) is 18.1 Å². The summed E-state index contributed by atoms with van der Waals surface area (Å²) in [5, 5.41) is 5.16. The summed E-state index contributed by atoms with van der Waals surface area (Å²) in [4.78, 5) is 38.9. The molecule has 2 N–H and O–H groups in total. The van der Waals surface area contributed by atoms with Crippen molar-refractivity contribution in [3.63, 3.8) is 0 Å². The molecule has 0 saturated carbocycles. The summed E-state index contributed by atoms with van der Waals surface area (Å²) < 4.78 is 31.1. The third kappa shape index (κ3) is 6.85. The minimum Gasteiger partial charge on any atom is -0.495 e. The zero-order chi connectivity index (χ0) is 27.9. The normalized spacial score (nSPS) is 13.8. The van der Waals surface area contributed by atoms with Gasteiger partial charge in [0.2, 0.25) is 5.91 Å². The number of carbonyl (C=O) groups excluding carboxylic acids is 3. The Morgan fingerprint density at radius 1 is 1.08 bits per heavy atom. The van der Waals surface area contributed by atoms with Gasteiger partial charge in [-0.05, 0) is 83.1 Å². The fraction of sp³-hybridized carbons (Fsp3) is 0.179. The molecule has 3 aromatic rings. The van der Waals surface area contributed by atoms with Crippen LogP contribution in [-0.2, 0) is 16.2 Å². The van der Waals surface area contributed by atoms with Crippen molar-refractivity contribution in [2.45, 2.75) is 13.5 Å². The van der Waals surface area contributed by atoms with E-state index in [1.54, 1.807) is 48.5 Å². The standard InChI is InChI=1S/C28H25FIN3O6/c1-3-38-24-14-18(12-20(30)26(24)39-16-17-7-6-8-19(29)11-17)13-22-27(35)33(28(36)32-22)15-25(34)31-21-9-4-5-10-23(21)37-2/h4-14H,3,15-16H2,1-2H3,(H,31,34)(H,32,36)/b22-13+. The highest BCUT2D eigenvalue weighted by Gasteiger charge is 2.35. The first-order valence-electron chi connectivity index (χ1n) is 11.9. The van der Waals surface area contributed by atoms with Gasteiger partial charge in [-0.15, -0.1) is 0 Å². The number of carbonyl (C=O) groups is 3. The lowest BCUT2D eigenvalue weighted by atomic mass is 10.1. The fourth-order valence-electron chi connectivity index (χ4n) is 3.82. The second-order valence-electron chi connectivity index (χ2n) is 8.31. The van der Waals surface area contributed by atoms with E-state index in [0.29, 0.717) is 44.2 Å². The van der Waals surface area contributed by atoms with Crippen LogP contribution in [0.25, 0.3) is 6.08 Å². The first-order chi connectivity index (χ1) is 18.8. The molecule has 202 valence electrons. The molecule has 39 heavy (non-hydrogen) atoms. The SMILES string of the molecule is CCOc1cc(/C=C2/NC(=O)N(CC(=O)Nc3ccccc3OC)C2=O)cc(I)c1OCc1cccc(F)c1. The second-order valence-corrected chi connectivity index (χ2v) is 9.47. The van der Waals surface area contributed by atoms with Gasteiger partial charge in [-0.2, -0.15) is 0 Å². The summed E-state index contributed by atoms with van der Waals surface area (Å²) >= 11 is 2.08. The van der Waals surface area contributed by atoms with Crippen LogP contribution in [0.15, 0.2) is 66.4 Å². The van der Waals surface area contributed by atoms with Gasteiger partial charge in [0.05, 0.1) is 23.0 Å². The topological polar surface area (TPSA) is 106 Å². The molecule has 1 saturated heterocycles. The maximum Gasteiger partial charge on any atom is 0.329 e. The summed E-state index contributed by atoms with van der Waals surface area (Å²) in [6.45, 7) is 1.84. The van der Waals surface area contributed by atoms with E-state index < -0.39 is 24.4 Å². The van der Waals surface area contributed by atoms with Crippen LogP contribution in [0, 0.1) is 9.39 Å². The smallest absolute Gasteiger partial charge is 0.329 e. The van der Waals surface area contributed by atoms with E-state index in [1.165, 1.54) is 25.3 Å². The van der Waals surface area contributed by atoms with Gasteiger partial charge >= 0.3 is 6.03 Å². The molecule has 9 nitrogen and oxygen atoms in total. The van der Waals surface area contributed by atoms with E-state index in [9.17, 15) is 18.8 Å². The molecule has 0 aromatic heterocycles. The highest BCUT2D eigenvalue weighted by molar-refractivity contribution is 14.1. The molecule has 0 radical (unpaired) electrons. The van der Waals surface area contributed by atoms with Crippen LogP contribution in [0.2, 0.25) is 0 Å².